The summed E-state index contributed by atoms with van der Waals surface area (Å²) in [6.07, 6.45) is 10.4. The van der Waals surface area contributed by atoms with Gasteiger partial charge >= 0.3 is 0 Å². The smallest absolute Gasteiger partial charge is 0.266 e. The number of nitrogens with zero attached hydrogens (tertiary/aromatic N) is 3. The summed E-state index contributed by atoms with van der Waals surface area (Å²) in [6, 6.07) is 14.8. The molecule has 0 saturated carbocycles. The molecule has 3 amide bonds. The highest BCUT2D eigenvalue weighted by molar-refractivity contribution is 8.05. The van der Waals surface area contributed by atoms with Gasteiger partial charge in [0.25, 0.3) is 17.7 Å². The minimum absolute atomic E-state index is 0.158. The maximum absolute atomic E-state index is 14.7. The molecule has 8 nitrogen and oxygen atoms in total. The number of aromatic nitrogens is 1. The Morgan fingerprint density at radius 3 is 2.45 bits per heavy atom. The highest BCUT2D eigenvalue weighted by Gasteiger charge is 2.42. The normalized spacial score (nSPS) is 14.1. The number of thiophene rings is 1. The number of nitrogens with one attached hydrogen (secondary N) is 2. The van der Waals surface area contributed by atoms with Crippen molar-refractivity contribution in [3.63, 3.8) is 0 Å². The van der Waals surface area contributed by atoms with E-state index in [9.17, 15) is 18.8 Å². The molecule has 0 aliphatic carbocycles. The first-order valence-electron chi connectivity index (χ1n) is 18.7. The molecule has 55 heavy (non-hydrogen) atoms. The molecule has 0 bridgehead atoms. The first kappa shape index (κ1) is 41.2. The summed E-state index contributed by atoms with van der Waals surface area (Å²) in [7, 11) is 0. The van der Waals surface area contributed by atoms with Gasteiger partial charge in [0.15, 0.2) is 0 Å². The maximum atomic E-state index is 14.7. The number of hydrogen-bond donors (Lipinski definition) is 2. The van der Waals surface area contributed by atoms with Crippen LogP contribution >= 0.6 is 23.1 Å². The number of halogens is 1. The van der Waals surface area contributed by atoms with Crippen LogP contribution in [0.4, 0.5) is 21.6 Å². The lowest BCUT2D eigenvalue weighted by Crippen LogP contribution is -2.57. The lowest BCUT2D eigenvalue weighted by molar-refractivity contribution is 0.0968. The number of thioether (sulfide) groups is 1. The second-order valence-corrected chi connectivity index (χ2v) is 16.1. The Bertz CT molecular complexity index is 2080. The molecule has 0 radical (unpaired) electrons. The van der Waals surface area contributed by atoms with Gasteiger partial charge in [-0.2, -0.15) is 0 Å². The van der Waals surface area contributed by atoms with Crippen molar-refractivity contribution < 1.29 is 18.8 Å². The Labute approximate surface area is 332 Å². The first-order valence-corrected chi connectivity index (χ1v) is 20.4. The number of allylic oxidation sites excluding steroid dienone is 2. The van der Waals surface area contributed by atoms with E-state index < -0.39 is 5.82 Å². The van der Waals surface area contributed by atoms with E-state index in [0.29, 0.717) is 50.2 Å². The average Bonchev–Trinajstić information content (AvgIpc) is 3.51. The van der Waals surface area contributed by atoms with Gasteiger partial charge in [-0.05, 0) is 104 Å². The van der Waals surface area contributed by atoms with E-state index in [-0.39, 0.29) is 29.7 Å². The van der Waals surface area contributed by atoms with Crippen molar-refractivity contribution in [2.24, 2.45) is 5.41 Å². The summed E-state index contributed by atoms with van der Waals surface area (Å²) in [5.41, 5.74) is 4.48. The van der Waals surface area contributed by atoms with E-state index >= 15 is 0 Å². The third kappa shape index (κ3) is 9.63. The van der Waals surface area contributed by atoms with Gasteiger partial charge in [0, 0.05) is 52.9 Å². The number of rotatable bonds is 12. The third-order valence-electron chi connectivity index (χ3n) is 9.32. The van der Waals surface area contributed by atoms with E-state index in [1.54, 1.807) is 41.4 Å². The van der Waals surface area contributed by atoms with Crippen molar-refractivity contribution in [1.29, 1.82) is 0 Å². The molecule has 2 aromatic heterocycles. The van der Waals surface area contributed by atoms with Gasteiger partial charge in [-0.1, -0.05) is 64.1 Å². The van der Waals surface area contributed by atoms with Crippen LogP contribution in [0.2, 0.25) is 0 Å². The van der Waals surface area contributed by atoms with Crippen LogP contribution in [0.25, 0.3) is 10.4 Å². The number of pyridine rings is 1. The number of fused-ring (bicyclic) bond motifs is 3. The number of amides is 3. The monoisotopic (exact) mass is 779 g/mol. The van der Waals surface area contributed by atoms with Gasteiger partial charge in [-0.15, -0.1) is 17.9 Å². The number of carbonyl (C=O) groups is 3. The van der Waals surface area contributed by atoms with E-state index in [0.717, 1.165) is 48.4 Å². The molecule has 1 fully saturated rings. The summed E-state index contributed by atoms with van der Waals surface area (Å²) in [5, 5.41) is 8.15. The number of benzene rings is 2. The summed E-state index contributed by atoms with van der Waals surface area (Å²) in [6.45, 7) is 20.0. The van der Waals surface area contributed by atoms with Crippen molar-refractivity contribution in [2.75, 3.05) is 34.8 Å². The molecule has 11 heteroatoms. The molecule has 2 aliphatic rings. The molecule has 288 valence electrons. The second kappa shape index (κ2) is 18.6. The number of carbonyl (C=O) groups excluding carboxylic acids is 3. The molecule has 2 N–H and O–H groups in total. The lowest BCUT2D eigenvalue weighted by atomic mass is 9.73. The van der Waals surface area contributed by atoms with Gasteiger partial charge < -0.3 is 20.4 Å². The Morgan fingerprint density at radius 2 is 1.78 bits per heavy atom. The Hall–Kier alpha value is -5.00. The number of anilines is 3. The Balaban J connectivity index is 0.00000187. The van der Waals surface area contributed by atoms with Crippen molar-refractivity contribution in [3.8, 4) is 10.4 Å². The fourth-order valence-corrected chi connectivity index (χ4v) is 8.57. The molecular weight excluding hydrogens is 730 g/mol. The Kier molecular flexibility index (Phi) is 13.9. The largest absolute Gasteiger partial charge is 0.355 e. The lowest BCUT2D eigenvalue weighted by Gasteiger charge is -2.51. The zero-order chi connectivity index (χ0) is 39.7. The standard InChI is InChI=1S/C41H42FN5O3S2.C3H8/c1-6-16-41(17-7-2)24-46(25-41)37-33(20-26(4)23-43-37)38(48)45-31-12-9-28(10-13-31)40(50)47-18-15-29-21-35(39(49)44-27(5)51-19-8-3)52-36(29)32-14-11-30(42)22-34(32)47;1-3-2/h6,8-14,19-23H,1,5,7,15-18,24-25H2,2-4H3,(H,44,49)(H,45,48);3H2,1-2H3/b19-8-;. The van der Waals surface area contributed by atoms with Gasteiger partial charge in [0.1, 0.15) is 11.6 Å². The van der Waals surface area contributed by atoms with Crippen molar-refractivity contribution in [2.45, 2.75) is 66.7 Å². The first-order chi connectivity index (χ1) is 26.5. The minimum atomic E-state index is -0.468. The Morgan fingerprint density at radius 1 is 1.05 bits per heavy atom. The summed E-state index contributed by atoms with van der Waals surface area (Å²) < 4.78 is 14.7. The molecular formula is C44H50FN5O3S2. The molecule has 0 atom stereocenters. The molecule has 2 aromatic carbocycles. The highest BCUT2D eigenvalue weighted by atomic mass is 32.2. The molecule has 0 spiro atoms. The van der Waals surface area contributed by atoms with Crippen molar-refractivity contribution >= 4 is 58.0 Å². The van der Waals surface area contributed by atoms with E-state index in [1.807, 2.05) is 43.5 Å². The molecule has 1 saturated heterocycles. The molecule has 4 heterocycles. The minimum Gasteiger partial charge on any atom is -0.355 e. The molecule has 0 unspecified atom stereocenters. The average molecular weight is 780 g/mol. The van der Waals surface area contributed by atoms with Gasteiger partial charge in [0.05, 0.1) is 21.2 Å². The fourth-order valence-electron chi connectivity index (χ4n) is 6.98. The number of hydrogen-bond acceptors (Lipinski definition) is 7. The number of aryl methyl sites for hydroxylation is 1. The predicted molar refractivity (Wildman–Crippen MR) is 228 cm³/mol. The predicted octanol–water partition coefficient (Wildman–Crippen LogP) is 10.8. The zero-order valence-corrected chi connectivity index (χ0v) is 34.0. The van der Waals surface area contributed by atoms with Crippen LogP contribution in [0.3, 0.4) is 0 Å². The topological polar surface area (TPSA) is 94.6 Å². The summed E-state index contributed by atoms with van der Waals surface area (Å²) in [4.78, 5) is 50.4. The van der Waals surface area contributed by atoms with Crippen LogP contribution < -0.4 is 20.4 Å². The molecule has 4 aromatic rings. The van der Waals surface area contributed by atoms with Crippen LogP contribution in [0.15, 0.2) is 96.5 Å². The van der Waals surface area contributed by atoms with Crippen LogP contribution in [0.1, 0.15) is 94.9 Å². The zero-order valence-electron chi connectivity index (χ0n) is 32.3. The third-order valence-corrected chi connectivity index (χ3v) is 11.3. The van der Waals surface area contributed by atoms with Crippen LogP contribution in [-0.2, 0) is 6.42 Å². The van der Waals surface area contributed by atoms with Crippen LogP contribution in [0, 0.1) is 18.2 Å². The fraction of sp³-hybridized carbons (Fsp3) is 0.318. The highest BCUT2D eigenvalue weighted by Crippen LogP contribution is 2.43. The molecule has 6 rings (SSSR count). The van der Waals surface area contributed by atoms with Gasteiger partial charge in [-0.3, -0.25) is 14.4 Å². The van der Waals surface area contributed by atoms with Gasteiger partial charge in [0.2, 0.25) is 0 Å². The van der Waals surface area contributed by atoms with Crippen molar-refractivity contribution in [1.82, 2.24) is 10.3 Å². The van der Waals surface area contributed by atoms with Crippen LogP contribution in [0.5, 0.6) is 0 Å². The maximum Gasteiger partial charge on any atom is 0.266 e. The van der Waals surface area contributed by atoms with Crippen molar-refractivity contribution in [3.05, 3.63) is 129 Å². The van der Waals surface area contributed by atoms with Crippen LogP contribution in [-0.4, -0.2) is 42.3 Å². The summed E-state index contributed by atoms with van der Waals surface area (Å²) in [5.74, 6) is -0.651. The summed E-state index contributed by atoms with van der Waals surface area (Å²) >= 11 is 2.63. The SMILES string of the molecule is C=CCC1(CCC)CN(c2ncc(C)cc2C(=O)Nc2ccc(C(=O)N3CCc4cc(C(=O)NC(=C)S/C=C\C)sc4-c4ccc(F)cc43)cc2)C1.CCC. The second-order valence-electron chi connectivity index (χ2n) is 14.0. The molecule has 2 aliphatic heterocycles. The quantitative estimate of drug-likeness (QED) is 0.139. The van der Waals surface area contributed by atoms with E-state index in [1.165, 1.54) is 41.7 Å². The van der Waals surface area contributed by atoms with E-state index in [2.05, 4.69) is 54.4 Å². The van der Waals surface area contributed by atoms with E-state index in [4.69, 9.17) is 0 Å². The van der Waals surface area contributed by atoms with Gasteiger partial charge in [-0.25, -0.2) is 9.37 Å².